The van der Waals surface area contributed by atoms with Gasteiger partial charge in [-0.1, -0.05) is 27.7 Å². The molecule has 0 heterocycles. The summed E-state index contributed by atoms with van der Waals surface area (Å²) in [5.41, 5.74) is 0. The topological polar surface area (TPSA) is 30.5 Å². The van der Waals surface area contributed by atoms with Crippen LogP contribution in [0.2, 0.25) is 0 Å². The van der Waals surface area contributed by atoms with E-state index >= 15 is 0 Å². The van der Waals surface area contributed by atoms with Crippen molar-refractivity contribution in [1.82, 2.24) is 5.32 Å². The highest BCUT2D eigenvalue weighted by molar-refractivity contribution is 4.93. The van der Waals surface area contributed by atoms with E-state index in [1.807, 2.05) is 0 Å². The zero-order valence-electron chi connectivity index (χ0n) is 16.1. The van der Waals surface area contributed by atoms with Gasteiger partial charge in [-0.2, -0.15) is 0 Å². The van der Waals surface area contributed by atoms with Gasteiger partial charge in [0.15, 0.2) is 0 Å². The molecule has 1 aliphatic carbocycles. The highest BCUT2D eigenvalue weighted by atomic mass is 16.5. The number of rotatable bonds is 8. The molecule has 0 bridgehead atoms. The molecule has 3 nitrogen and oxygen atoms in total. The molecule has 132 valence electrons. The molecule has 1 fully saturated rings. The fourth-order valence-electron chi connectivity index (χ4n) is 3.68. The molecule has 0 spiro atoms. The van der Waals surface area contributed by atoms with E-state index in [4.69, 9.17) is 9.47 Å². The molecule has 0 aromatic rings. The maximum Gasteiger partial charge on any atom is 0.0736 e. The molecule has 1 saturated carbocycles. The summed E-state index contributed by atoms with van der Waals surface area (Å²) < 4.78 is 12.5. The Morgan fingerprint density at radius 2 is 1.36 bits per heavy atom. The molecular weight excluding hydrogens is 274 g/mol. The minimum atomic E-state index is 0.281. The Bertz CT molecular complexity index is 244. The maximum atomic E-state index is 6.27. The monoisotopic (exact) mass is 313 g/mol. The number of hydrogen-bond donors (Lipinski definition) is 1. The predicted octanol–water partition coefficient (Wildman–Crippen LogP) is 4.40. The van der Waals surface area contributed by atoms with E-state index in [9.17, 15) is 0 Å². The zero-order chi connectivity index (χ0) is 16.9. The third-order valence-electron chi connectivity index (χ3n) is 4.21. The third-order valence-corrected chi connectivity index (χ3v) is 4.21. The SMILES string of the molecule is CC(C)CC1CC(OC(C)C)C(NC(C)C)CC1OC(C)C. The quantitative estimate of drug-likeness (QED) is 0.720. The molecule has 3 heteroatoms. The molecule has 0 aromatic carbocycles. The summed E-state index contributed by atoms with van der Waals surface area (Å²) in [6, 6.07) is 0.874. The number of nitrogens with one attached hydrogen (secondary N) is 1. The molecular formula is C19H39NO2. The summed E-state index contributed by atoms with van der Waals surface area (Å²) in [6.45, 7) is 17.6. The molecule has 0 amide bonds. The minimum absolute atomic E-state index is 0.281. The summed E-state index contributed by atoms with van der Waals surface area (Å²) >= 11 is 0. The van der Waals surface area contributed by atoms with Gasteiger partial charge in [0.1, 0.15) is 0 Å². The summed E-state index contributed by atoms with van der Waals surface area (Å²) in [5, 5.41) is 3.71. The van der Waals surface area contributed by atoms with Gasteiger partial charge in [0, 0.05) is 12.1 Å². The lowest BCUT2D eigenvalue weighted by Crippen LogP contribution is -2.53. The molecule has 1 rings (SSSR count). The van der Waals surface area contributed by atoms with Crippen LogP contribution in [0.3, 0.4) is 0 Å². The van der Waals surface area contributed by atoms with Gasteiger partial charge in [-0.3, -0.25) is 0 Å². The molecule has 22 heavy (non-hydrogen) atoms. The Labute approximate surface area is 138 Å². The van der Waals surface area contributed by atoms with Gasteiger partial charge in [-0.05, 0) is 58.8 Å². The number of hydrogen-bond acceptors (Lipinski definition) is 3. The van der Waals surface area contributed by atoms with Crippen LogP contribution in [0.5, 0.6) is 0 Å². The van der Waals surface area contributed by atoms with Crippen LogP contribution in [-0.2, 0) is 9.47 Å². The molecule has 4 unspecified atom stereocenters. The van der Waals surface area contributed by atoms with Crippen LogP contribution in [0.4, 0.5) is 0 Å². The lowest BCUT2D eigenvalue weighted by molar-refractivity contribution is -0.113. The van der Waals surface area contributed by atoms with Crippen LogP contribution >= 0.6 is 0 Å². The van der Waals surface area contributed by atoms with E-state index in [-0.39, 0.29) is 6.10 Å². The Kier molecular flexibility index (Phi) is 8.37. The Morgan fingerprint density at radius 3 is 1.82 bits per heavy atom. The van der Waals surface area contributed by atoms with Crippen molar-refractivity contribution in [2.24, 2.45) is 11.8 Å². The standard InChI is InChI=1S/C19H39NO2/c1-12(2)9-16-10-19(22-15(7)8)17(20-13(3)4)11-18(16)21-14(5)6/h12-20H,9-11H2,1-8H3. The van der Waals surface area contributed by atoms with Gasteiger partial charge < -0.3 is 14.8 Å². The van der Waals surface area contributed by atoms with Gasteiger partial charge in [-0.15, -0.1) is 0 Å². The highest BCUT2D eigenvalue weighted by Gasteiger charge is 2.39. The van der Waals surface area contributed by atoms with Crippen LogP contribution in [0.15, 0.2) is 0 Å². The van der Waals surface area contributed by atoms with E-state index in [2.05, 4.69) is 60.7 Å². The van der Waals surface area contributed by atoms with Crippen molar-refractivity contribution >= 4 is 0 Å². The van der Waals surface area contributed by atoms with Crippen LogP contribution < -0.4 is 5.32 Å². The van der Waals surface area contributed by atoms with Crippen molar-refractivity contribution in [3.8, 4) is 0 Å². The predicted molar refractivity (Wildman–Crippen MR) is 94.3 cm³/mol. The van der Waals surface area contributed by atoms with Crippen molar-refractivity contribution in [1.29, 1.82) is 0 Å². The summed E-state index contributed by atoms with van der Waals surface area (Å²) in [5.74, 6) is 1.31. The molecule has 4 atom stereocenters. The van der Waals surface area contributed by atoms with Gasteiger partial charge in [0.25, 0.3) is 0 Å². The first-order chi connectivity index (χ1) is 10.2. The summed E-state index contributed by atoms with van der Waals surface area (Å²) in [6.07, 6.45) is 4.63. The van der Waals surface area contributed by atoms with E-state index in [0.29, 0.717) is 42.2 Å². The number of ether oxygens (including phenoxy) is 2. The zero-order valence-corrected chi connectivity index (χ0v) is 16.1. The van der Waals surface area contributed by atoms with Gasteiger partial charge in [0.2, 0.25) is 0 Å². The Hall–Kier alpha value is -0.120. The fraction of sp³-hybridized carbons (Fsp3) is 1.00. The third kappa shape index (κ3) is 6.97. The van der Waals surface area contributed by atoms with Gasteiger partial charge >= 0.3 is 0 Å². The maximum absolute atomic E-state index is 6.27. The smallest absolute Gasteiger partial charge is 0.0736 e. The Balaban J connectivity index is 2.83. The molecule has 1 N–H and O–H groups in total. The van der Waals surface area contributed by atoms with Crippen LogP contribution in [0, 0.1) is 11.8 Å². The first-order valence-corrected chi connectivity index (χ1v) is 9.26. The average Bonchev–Trinajstić information content (AvgIpc) is 2.31. The average molecular weight is 314 g/mol. The highest BCUT2D eigenvalue weighted by Crippen LogP contribution is 2.35. The van der Waals surface area contributed by atoms with E-state index in [1.54, 1.807) is 0 Å². The summed E-state index contributed by atoms with van der Waals surface area (Å²) in [4.78, 5) is 0. The lowest BCUT2D eigenvalue weighted by atomic mass is 9.77. The second-order valence-electron chi connectivity index (χ2n) is 8.24. The van der Waals surface area contributed by atoms with Crippen molar-refractivity contribution in [3.05, 3.63) is 0 Å². The molecule has 0 aromatic heterocycles. The largest absolute Gasteiger partial charge is 0.375 e. The first-order valence-electron chi connectivity index (χ1n) is 9.26. The molecule has 0 aliphatic heterocycles. The second kappa shape index (κ2) is 9.24. The normalized spacial score (nSPS) is 30.0. The van der Waals surface area contributed by atoms with E-state index < -0.39 is 0 Å². The van der Waals surface area contributed by atoms with Crippen molar-refractivity contribution in [3.63, 3.8) is 0 Å². The summed E-state index contributed by atoms with van der Waals surface area (Å²) in [7, 11) is 0. The van der Waals surface area contributed by atoms with Gasteiger partial charge in [0.05, 0.1) is 24.4 Å². The first kappa shape index (κ1) is 19.9. The fourth-order valence-corrected chi connectivity index (χ4v) is 3.68. The Morgan fingerprint density at radius 1 is 0.818 bits per heavy atom. The van der Waals surface area contributed by atoms with E-state index in [0.717, 1.165) is 12.8 Å². The molecule has 0 radical (unpaired) electrons. The van der Waals surface area contributed by atoms with Crippen molar-refractivity contribution in [2.75, 3.05) is 0 Å². The van der Waals surface area contributed by atoms with E-state index in [1.165, 1.54) is 6.42 Å². The molecule has 0 saturated heterocycles. The second-order valence-corrected chi connectivity index (χ2v) is 8.24. The van der Waals surface area contributed by atoms with Crippen LogP contribution in [0.1, 0.15) is 74.7 Å². The minimum Gasteiger partial charge on any atom is -0.375 e. The molecule has 1 aliphatic rings. The van der Waals surface area contributed by atoms with Crippen LogP contribution in [0.25, 0.3) is 0 Å². The lowest BCUT2D eigenvalue weighted by Gasteiger charge is -2.44. The van der Waals surface area contributed by atoms with Crippen molar-refractivity contribution < 1.29 is 9.47 Å². The van der Waals surface area contributed by atoms with Crippen molar-refractivity contribution in [2.45, 2.75) is 111 Å². The van der Waals surface area contributed by atoms with Gasteiger partial charge in [-0.25, -0.2) is 0 Å². The van der Waals surface area contributed by atoms with Crippen LogP contribution in [-0.4, -0.2) is 36.5 Å².